The van der Waals surface area contributed by atoms with E-state index in [2.05, 4.69) is 25.6 Å². The quantitative estimate of drug-likeness (QED) is 0.686. The highest BCUT2D eigenvalue weighted by Crippen LogP contribution is 2.23. The summed E-state index contributed by atoms with van der Waals surface area (Å²) in [7, 11) is 0. The minimum Gasteiger partial charge on any atom is -0.350 e. The Morgan fingerprint density at radius 2 is 1.88 bits per heavy atom. The standard InChI is InChI=1S/C17H14F3N5/c1-10-7-14(24-13-5-4-12(18)15(19)16(13)20)25-17(23-10)22-9-11-3-2-6-21-8-11/h2-8H,9H2,1H3,(H2,22,23,24,25). The molecule has 25 heavy (non-hydrogen) atoms. The fourth-order valence-corrected chi connectivity index (χ4v) is 2.16. The fourth-order valence-electron chi connectivity index (χ4n) is 2.16. The van der Waals surface area contributed by atoms with Gasteiger partial charge in [-0.1, -0.05) is 6.07 Å². The van der Waals surface area contributed by atoms with Crippen LogP contribution in [0.2, 0.25) is 0 Å². The van der Waals surface area contributed by atoms with Crippen molar-refractivity contribution in [2.45, 2.75) is 13.5 Å². The molecule has 3 aromatic rings. The summed E-state index contributed by atoms with van der Waals surface area (Å²) in [5.74, 6) is -3.52. The number of rotatable bonds is 5. The molecule has 0 amide bonds. The second kappa shape index (κ2) is 7.16. The molecule has 0 unspecified atom stereocenters. The molecule has 0 saturated carbocycles. The van der Waals surface area contributed by atoms with Crippen molar-refractivity contribution >= 4 is 17.5 Å². The Hall–Kier alpha value is -3.16. The van der Waals surface area contributed by atoms with E-state index in [4.69, 9.17) is 0 Å². The number of aryl methyl sites for hydroxylation is 1. The van der Waals surface area contributed by atoms with Crippen molar-refractivity contribution in [1.29, 1.82) is 0 Å². The molecule has 2 heterocycles. The van der Waals surface area contributed by atoms with Crippen molar-refractivity contribution in [2.24, 2.45) is 0 Å². The van der Waals surface area contributed by atoms with Gasteiger partial charge in [0.1, 0.15) is 5.82 Å². The molecule has 1 aromatic carbocycles. The number of nitrogens with zero attached hydrogens (tertiary/aromatic N) is 3. The lowest BCUT2D eigenvalue weighted by Crippen LogP contribution is -2.07. The fraction of sp³-hybridized carbons (Fsp3) is 0.118. The predicted molar refractivity (Wildman–Crippen MR) is 87.9 cm³/mol. The average Bonchev–Trinajstić information content (AvgIpc) is 2.61. The SMILES string of the molecule is Cc1cc(Nc2ccc(F)c(F)c2F)nc(NCc2cccnc2)n1. The van der Waals surface area contributed by atoms with Crippen LogP contribution in [-0.4, -0.2) is 15.0 Å². The first-order valence-corrected chi connectivity index (χ1v) is 7.42. The van der Waals surface area contributed by atoms with Gasteiger partial charge in [-0.25, -0.2) is 18.2 Å². The van der Waals surface area contributed by atoms with Crippen LogP contribution in [0.1, 0.15) is 11.3 Å². The van der Waals surface area contributed by atoms with Crippen LogP contribution < -0.4 is 10.6 Å². The molecule has 2 aromatic heterocycles. The number of anilines is 3. The second-order valence-electron chi connectivity index (χ2n) is 5.28. The van der Waals surface area contributed by atoms with Gasteiger partial charge >= 0.3 is 0 Å². The zero-order chi connectivity index (χ0) is 17.8. The molecule has 0 saturated heterocycles. The number of aromatic nitrogens is 3. The van der Waals surface area contributed by atoms with Crippen molar-refractivity contribution in [3.05, 3.63) is 71.4 Å². The van der Waals surface area contributed by atoms with Crippen LogP contribution in [0.3, 0.4) is 0 Å². The van der Waals surface area contributed by atoms with E-state index in [1.807, 2.05) is 12.1 Å². The van der Waals surface area contributed by atoms with Crippen molar-refractivity contribution in [3.8, 4) is 0 Å². The number of halogens is 3. The second-order valence-corrected chi connectivity index (χ2v) is 5.28. The van der Waals surface area contributed by atoms with Crippen LogP contribution in [0.15, 0.2) is 42.7 Å². The first-order valence-electron chi connectivity index (χ1n) is 7.42. The summed E-state index contributed by atoms with van der Waals surface area (Å²) in [6.07, 6.45) is 3.38. The van der Waals surface area contributed by atoms with E-state index < -0.39 is 17.5 Å². The van der Waals surface area contributed by atoms with Crippen LogP contribution in [0.4, 0.5) is 30.6 Å². The molecule has 5 nitrogen and oxygen atoms in total. The Balaban J connectivity index is 1.79. The highest BCUT2D eigenvalue weighted by molar-refractivity contribution is 5.58. The van der Waals surface area contributed by atoms with Crippen LogP contribution in [0, 0.1) is 24.4 Å². The molecule has 0 spiro atoms. The van der Waals surface area contributed by atoms with Crippen LogP contribution >= 0.6 is 0 Å². The van der Waals surface area contributed by atoms with Crippen LogP contribution in [-0.2, 0) is 6.54 Å². The van der Waals surface area contributed by atoms with Gasteiger partial charge in [0.2, 0.25) is 5.95 Å². The molecule has 0 bridgehead atoms. The Morgan fingerprint density at radius 3 is 2.64 bits per heavy atom. The number of pyridine rings is 1. The molecule has 3 rings (SSSR count). The maximum absolute atomic E-state index is 13.8. The molecule has 2 N–H and O–H groups in total. The summed E-state index contributed by atoms with van der Waals surface area (Å²) in [6, 6.07) is 7.22. The average molecular weight is 345 g/mol. The molecule has 0 atom stereocenters. The normalized spacial score (nSPS) is 10.6. The van der Waals surface area contributed by atoms with Gasteiger partial charge in [-0.05, 0) is 30.7 Å². The number of hydrogen-bond donors (Lipinski definition) is 2. The smallest absolute Gasteiger partial charge is 0.225 e. The summed E-state index contributed by atoms with van der Waals surface area (Å²) in [5.41, 5.74) is 1.35. The topological polar surface area (TPSA) is 62.7 Å². The molecule has 0 aliphatic rings. The van der Waals surface area contributed by atoms with E-state index in [1.54, 1.807) is 25.4 Å². The Labute approximate surface area is 142 Å². The zero-order valence-corrected chi connectivity index (χ0v) is 13.2. The van der Waals surface area contributed by atoms with Crippen molar-refractivity contribution in [3.63, 3.8) is 0 Å². The predicted octanol–water partition coefficient (Wildman–Crippen LogP) is 3.95. The molecule has 8 heteroatoms. The lowest BCUT2D eigenvalue weighted by atomic mass is 10.2. The first-order chi connectivity index (χ1) is 12.0. The summed E-state index contributed by atoms with van der Waals surface area (Å²) < 4.78 is 40.1. The molecule has 128 valence electrons. The van der Waals surface area contributed by atoms with Crippen molar-refractivity contribution in [2.75, 3.05) is 10.6 Å². The van der Waals surface area contributed by atoms with Gasteiger partial charge in [-0.15, -0.1) is 0 Å². The third-order valence-corrected chi connectivity index (χ3v) is 3.33. The van der Waals surface area contributed by atoms with E-state index >= 15 is 0 Å². The number of nitrogens with one attached hydrogen (secondary N) is 2. The molecule has 0 fully saturated rings. The number of benzene rings is 1. The van der Waals surface area contributed by atoms with Crippen LogP contribution in [0.25, 0.3) is 0 Å². The van der Waals surface area contributed by atoms with E-state index in [0.29, 0.717) is 18.2 Å². The summed E-state index contributed by atoms with van der Waals surface area (Å²) in [5, 5.41) is 5.67. The third kappa shape index (κ3) is 4.03. The van der Waals surface area contributed by atoms with E-state index in [1.165, 1.54) is 0 Å². The molecule has 0 aliphatic carbocycles. The summed E-state index contributed by atoms with van der Waals surface area (Å²) in [4.78, 5) is 12.4. The zero-order valence-electron chi connectivity index (χ0n) is 13.2. The van der Waals surface area contributed by atoms with Crippen molar-refractivity contribution < 1.29 is 13.2 Å². The minimum absolute atomic E-state index is 0.213. The summed E-state index contributed by atoms with van der Waals surface area (Å²) in [6.45, 7) is 2.19. The molecule has 0 radical (unpaired) electrons. The lowest BCUT2D eigenvalue weighted by Gasteiger charge is -2.11. The van der Waals surface area contributed by atoms with Gasteiger partial charge in [0.25, 0.3) is 0 Å². The summed E-state index contributed by atoms with van der Waals surface area (Å²) >= 11 is 0. The van der Waals surface area contributed by atoms with Gasteiger partial charge in [0.05, 0.1) is 5.69 Å². The monoisotopic (exact) mass is 345 g/mol. The highest BCUT2D eigenvalue weighted by Gasteiger charge is 2.14. The minimum atomic E-state index is -1.54. The van der Waals surface area contributed by atoms with Gasteiger partial charge in [-0.3, -0.25) is 4.98 Å². The number of hydrogen-bond acceptors (Lipinski definition) is 5. The molecular formula is C17H14F3N5. The Morgan fingerprint density at radius 1 is 1.04 bits per heavy atom. The largest absolute Gasteiger partial charge is 0.350 e. The third-order valence-electron chi connectivity index (χ3n) is 3.33. The van der Waals surface area contributed by atoms with E-state index in [-0.39, 0.29) is 11.5 Å². The Bertz CT molecular complexity index is 887. The van der Waals surface area contributed by atoms with Gasteiger partial charge < -0.3 is 10.6 Å². The highest BCUT2D eigenvalue weighted by atomic mass is 19.2. The van der Waals surface area contributed by atoms with Gasteiger partial charge in [0.15, 0.2) is 17.5 Å². The van der Waals surface area contributed by atoms with Crippen molar-refractivity contribution in [1.82, 2.24) is 15.0 Å². The molecule has 0 aliphatic heterocycles. The molecular weight excluding hydrogens is 331 g/mol. The van der Waals surface area contributed by atoms with Gasteiger partial charge in [-0.2, -0.15) is 4.98 Å². The lowest BCUT2D eigenvalue weighted by molar-refractivity contribution is 0.449. The van der Waals surface area contributed by atoms with E-state index in [9.17, 15) is 13.2 Å². The first kappa shape index (κ1) is 16.7. The maximum atomic E-state index is 13.8. The van der Waals surface area contributed by atoms with Gasteiger partial charge in [0, 0.05) is 30.7 Å². The van der Waals surface area contributed by atoms with E-state index in [0.717, 1.165) is 17.7 Å². The van der Waals surface area contributed by atoms with Crippen LogP contribution in [0.5, 0.6) is 0 Å². The Kier molecular flexibility index (Phi) is 4.78. The maximum Gasteiger partial charge on any atom is 0.225 e.